The Kier molecular flexibility index (Phi) is 5.25. The van der Waals surface area contributed by atoms with Crippen molar-refractivity contribution >= 4 is 44.6 Å². The van der Waals surface area contributed by atoms with Gasteiger partial charge in [0.1, 0.15) is 13.2 Å². The highest BCUT2D eigenvalue weighted by atomic mass is 32.1. The van der Waals surface area contributed by atoms with Crippen LogP contribution in [0, 0.1) is 6.92 Å². The number of hydrogen-bond acceptors (Lipinski definition) is 5. The highest BCUT2D eigenvalue weighted by Gasteiger charge is 2.16. The van der Waals surface area contributed by atoms with Gasteiger partial charge in [0.05, 0.1) is 4.88 Å². The van der Waals surface area contributed by atoms with Crippen LogP contribution in [0.25, 0.3) is 10.1 Å². The first-order valence-corrected chi connectivity index (χ1v) is 11.0. The molecule has 160 valence electrons. The summed E-state index contributed by atoms with van der Waals surface area (Å²) >= 11 is 1.45. The number of fused-ring (bicyclic) bond motifs is 2. The molecule has 2 N–H and O–H groups in total. The number of rotatable bonds is 4. The van der Waals surface area contributed by atoms with Crippen molar-refractivity contribution in [3.05, 3.63) is 82.7 Å². The molecule has 0 unspecified atom stereocenters. The molecular weight excluding hydrogens is 424 g/mol. The quantitative estimate of drug-likeness (QED) is 0.437. The van der Waals surface area contributed by atoms with E-state index in [2.05, 4.69) is 10.6 Å². The van der Waals surface area contributed by atoms with Crippen molar-refractivity contribution in [1.82, 2.24) is 0 Å². The molecule has 0 aliphatic carbocycles. The SMILES string of the molecule is Cc1ccc(NC(=O)c2ccc3c(c2)OCCO3)cc1NC(=O)c1cc2ccccc2s1. The van der Waals surface area contributed by atoms with Crippen LogP contribution in [0.4, 0.5) is 11.4 Å². The maximum atomic E-state index is 12.8. The van der Waals surface area contributed by atoms with Crippen LogP contribution in [0.15, 0.2) is 66.7 Å². The van der Waals surface area contributed by atoms with Crippen LogP contribution in [0.3, 0.4) is 0 Å². The maximum absolute atomic E-state index is 12.8. The first-order valence-electron chi connectivity index (χ1n) is 10.2. The highest BCUT2D eigenvalue weighted by molar-refractivity contribution is 7.20. The molecule has 0 bridgehead atoms. The second-order valence-electron chi connectivity index (χ2n) is 7.44. The van der Waals surface area contributed by atoms with Gasteiger partial charge in [0.15, 0.2) is 11.5 Å². The maximum Gasteiger partial charge on any atom is 0.265 e. The van der Waals surface area contributed by atoms with Gasteiger partial charge in [-0.25, -0.2) is 0 Å². The molecule has 3 aromatic carbocycles. The third-order valence-electron chi connectivity index (χ3n) is 5.20. The van der Waals surface area contributed by atoms with Crippen molar-refractivity contribution in [2.45, 2.75) is 6.92 Å². The van der Waals surface area contributed by atoms with Crippen LogP contribution in [-0.2, 0) is 0 Å². The van der Waals surface area contributed by atoms with Gasteiger partial charge in [0, 0.05) is 21.6 Å². The summed E-state index contributed by atoms with van der Waals surface area (Å²) in [6, 6.07) is 20.3. The van der Waals surface area contributed by atoms with Gasteiger partial charge in [-0.15, -0.1) is 11.3 Å². The first kappa shape index (κ1) is 20.1. The fourth-order valence-corrected chi connectivity index (χ4v) is 4.46. The fourth-order valence-electron chi connectivity index (χ4n) is 3.50. The van der Waals surface area contributed by atoms with Crippen molar-refractivity contribution in [3.63, 3.8) is 0 Å². The molecule has 1 aromatic heterocycles. The molecule has 0 fully saturated rings. The molecule has 0 saturated carbocycles. The summed E-state index contributed by atoms with van der Waals surface area (Å²) in [6.07, 6.45) is 0. The summed E-state index contributed by atoms with van der Waals surface area (Å²) in [5, 5.41) is 6.89. The van der Waals surface area contributed by atoms with Gasteiger partial charge in [-0.2, -0.15) is 0 Å². The molecule has 4 aromatic rings. The van der Waals surface area contributed by atoms with Crippen LogP contribution in [0.1, 0.15) is 25.6 Å². The Balaban J connectivity index is 1.33. The molecular formula is C25H20N2O4S. The number of amides is 2. The first-order chi connectivity index (χ1) is 15.6. The molecule has 0 radical (unpaired) electrons. The van der Waals surface area contributed by atoms with Gasteiger partial charge in [0.2, 0.25) is 0 Å². The Hall–Kier alpha value is -3.84. The minimum Gasteiger partial charge on any atom is -0.486 e. The molecule has 1 aliphatic heterocycles. The van der Waals surface area contributed by atoms with Gasteiger partial charge in [-0.05, 0) is 60.3 Å². The lowest BCUT2D eigenvalue weighted by Crippen LogP contribution is -2.17. The average Bonchev–Trinajstić information content (AvgIpc) is 3.25. The topological polar surface area (TPSA) is 76.7 Å². The number of nitrogens with one attached hydrogen (secondary N) is 2. The van der Waals surface area contributed by atoms with E-state index in [-0.39, 0.29) is 11.8 Å². The summed E-state index contributed by atoms with van der Waals surface area (Å²) in [4.78, 5) is 26.2. The summed E-state index contributed by atoms with van der Waals surface area (Å²) in [7, 11) is 0. The van der Waals surface area contributed by atoms with Crippen LogP contribution in [0.5, 0.6) is 11.5 Å². The second-order valence-corrected chi connectivity index (χ2v) is 8.53. The van der Waals surface area contributed by atoms with E-state index in [1.807, 2.05) is 43.3 Å². The smallest absolute Gasteiger partial charge is 0.265 e. The Morgan fingerprint density at radius 1 is 0.844 bits per heavy atom. The van der Waals surface area contributed by atoms with Crippen molar-refractivity contribution in [1.29, 1.82) is 0 Å². The Labute approximate surface area is 188 Å². The predicted molar refractivity (Wildman–Crippen MR) is 126 cm³/mol. The van der Waals surface area contributed by atoms with Crippen molar-refractivity contribution in [2.75, 3.05) is 23.8 Å². The van der Waals surface area contributed by atoms with E-state index >= 15 is 0 Å². The number of aryl methyl sites for hydroxylation is 1. The zero-order valence-corrected chi connectivity index (χ0v) is 18.1. The second kappa shape index (κ2) is 8.36. The molecule has 7 heteroatoms. The Morgan fingerprint density at radius 3 is 2.50 bits per heavy atom. The molecule has 1 aliphatic rings. The van der Waals surface area contributed by atoms with E-state index in [9.17, 15) is 9.59 Å². The van der Waals surface area contributed by atoms with E-state index in [0.29, 0.717) is 46.5 Å². The Bertz CT molecular complexity index is 1310. The van der Waals surface area contributed by atoms with Gasteiger partial charge in [-0.3, -0.25) is 9.59 Å². The molecule has 32 heavy (non-hydrogen) atoms. The fraction of sp³-hybridized carbons (Fsp3) is 0.120. The van der Waals surface area contributed by atoms with Gasteiger partial charge in [0.25, 0.3) is 11.8 Å². The lowest BCUT2D eigenvalue weighted by atomic mass is 10.1. The third kappa shape index (κ3) is 4.02. The number of thiophene rings is 1. The summed E-state index contributed by atoms with van der Waals surface area (Å²) < 4.78 is 12.1. The van der Waals surface area contributed by atoms with Crippen molar-refractivity contribution < 1.29 is 19.1 Å². The van der Waals surface area contributed by atoms with E-state index in [4.69, 9.17) is 9.47 Å². The van der Waals surface area contributed by atoms with Crippen molar-refractivity contribution in [2.24, 2.45) is 0 Å². The van der Waals surface area contributed by atoms with Gasteiger partial charge in [-0.1, -0.05) is 24.3 Å². The van der Waals surface area contributed by atoms with E-state index in [0.717, 1.165) is 15.6 Å². The lowest BCUT2D eigenvalue weighted by Gasteiger charge is -2.18. The lowest BCUT2D eigenvalue weighted by molar-refractivity contribution is 0.102. The number of benzene rings is 3. The third-order valence-corrected chi connectivity index (χ3v) is 6.31. The predicted octanol–water partition coefficient (Wildman–Crippen LogP) is 5.49. The van der Waals surface area contributed by atoms with Crippen LogP contribution >= 0.6 is 11.3 Å². The number of carbonyl (C=O) groups is 2. The van der Waals surface area contributed by atoms with E-state index < -0.39 is 0 Å². The molecule has 0 saturated heterocycles. The Morgan fingerprint density at radius 2 is 1.66 bits per heavy atom. The number of carbonyl (C=O) groups excluding carboxylic acids is 2. The minimum atomic E-state index is -0.271. The molecule has 0 spiro atoms. The largest absolute Gasteiger partial charge is 0.486 e. The summed E-state index contributed by atoms with van der Waals surface area (Å²) in [6.45, 7) is 2.86. The van der Waals surface area contributed by atoms with E-state index in [1.165, 1.54) is 11.3 Å². The van der Waals surface area contributed by atoms with E-state index in [1.54, 1.807) is 30.3 Å². The van der Waals surface area contributed by atoms with Gasteiger partial charge < -0.3 is 20.1 Å². The van der Waals surface area contributed by atoms with Crippen LogP contribution in [-0.4, -0.2) is 25.0 Å². The van der Waals surface area contributed by atoms with Crippen molar-refractivity contribution in [3.8, 4) is 11.5 Å². The highest BCUT2D eigenvalue weighted by Crippen LogP contribution is 2.31. The molecule has 0 atom stereocenters. The monoisotopic (exact) mass is 444 g/mol. The van der Waals surface area contributed by atoms with Crippen LogP contribution in [0.2, 0.25) is 0 Å². The minimum absolute atomic E-state index is 0.176. The molecule has 2 heterocycles. The average molecular weight is 445 g/mol. The zero-order chi connectivity index (χ0) is 22.1. The number of hydrogen-bond donors (Lipinski definition) is 2. The standard InChI is InChI=1S/C25H20N2O4S/c1-15-6-8-18(26-24(28)17-7-9-20-21(12-17)31-11-10-30-20)14-19(15)27-25(29)23-13-16-4-2-3-5-22(16)32-23/h2-9,12-14H,10-11H2,1H3,(H,26,28)(H,27,29). The van der Waals surface area contributed by atoms with Gasteiger partial charge >= 0.3 is 0 Å². The summed E-state index contributed by atoms with van der Waals surface area (Å²) in [5.74, 6) is 0.746. The number of anilines is 2. The molecule has 2 amide bonds. The normalized spacial score (nSPS) is 12.4. The zero-order valence-electron chi connectivity index (χ0n) is 17.3. The number of ether oxygens (including phenoxy) is 2. The van der Waals surface area contributed by atoms with Crippen LogP contribution < -0.4 is 20.1 Å². The molecule has 6 nitrogen and oxygen atoms in total. The summed E-state index contributed by atoms with van der Waals surface area (Å²) in [5.41, 5.74) is 2.59. The molecule has 5 rings (SSSR count).